The van der Waals surface area contributed by atoms with Gasteiger partial charge in [0.2, 0.25) is 0 Å². The fourth-order valence-corrected chi connectivity index (χ4v) is 0. The van der Waals surface area contributed by atoms with Gasteiger partial charge in [0, 0.05) is 57.9 Å². The van der Waals surface area contributed by atoms with Gasteiger partial charge in [-0.1, -0.05) is 0 Å². The average molecular weight is 552 g/mol. The van der Waals surface area contributed by atoms with Crippen molar-refractivity contribution in [3.8, 4) is 0 Å². The number of hydrogen-bond donors (Lipinski definition) is 2. The van der Waals surface area contributed by atoms with Gasteiger partial charge in [0.1, 0.15) is 0 Å². The number of hydrogen-bond acceptors (Lipinski definition) is 2. The molecule has 7 heteroatoms. The van der Waals surface area contributed by atoms with Gasteiger partial charge in [0.25, 0.3) is 0 Å². The monoisotopic (exact) mass is 555 g/mol. The summed E-state index contributed by atoms with van der Waals surface area (Å²) in [5, 5.41) is 0. The zero-order valence-electron chi connectivity index (χ0n) is 2.79. The molecule has 7 heavy (non-hydrogen) atoms. The molecule has 0 spiro atoms. The van der Waals surface area contributed by atoms with Crippen LogP contribution >= 0.6 is 0 Å². The van der Waals surface area contributed by atoms with Gasteiger partial charge in [0.15, 0.2) is 0 Å². The quantitative estimate of drug-likeness (QED) is 0.351. The van der Waals surface area contributed by atoms with Crippen LogP contribution in [0.2, 0.25) is 0 Å². The minimum absolute atomic E-state index is 0. The van der Waals surface area contributed by atoms with Gasteiger partial charge >= 0.3 is 32.1 Å². The van der Waals surface area contributed by atoms with Crippen molar-refractivity contribution in [3.05, 3.63) is 0 Å². The van der Waals surface area contributed by atoms with Gasteiger partial charge in [-0.15, -0.1) is 0 Å². The van der Waals surface area contributed by atoms with E-state index < -0.39 is 19.0 Å². The van der Waals surface area contributed by atoms with E-state index in [0.29, 0.717) is 0 Å². The standard InChI is InChI=1S/Lu.H2O4Te.W/c;1-5(2,3)4;/h;(H2,1,2,3,4);. The summed E-state index contributed by atoms with van der Waals surface area (Å²) in [5.41, 5.74) is 0. The molecular weight excluding hydrogens is 550 g/mol. The molecule has 0 saturated heterocycles. The van der Waals surface area contributed by atoms with Crippen LogP contribution in [-0.2, 0) is 27.3 Å². The van der Waals surface area contributed by atoms with E-state index in [-0.39, 0.29) is 57.9 Å². The van der Waals surface area contributed by atoms with Crippen LogP contribution in [0.25, 0.3) is 0 Å². The smallest absolute Gasteiger partial charge is 0 e. The summed E-state index contributed by atoms with van der Waals surface area (Å²) in [5.74, 6) is 0. The second-order valence-corrected chi connectivity index (χ2v) is 3.00. The maximum absolute atomic E-state index is 8.85. The van der Waals surface area contributed by atoms with Crippen LogP contribution < -0.4 is 0 Å². The summed E-state index contributed by atoms with van der Waals surface area (Å²) >= 11 is -5.52. The summed E-state index contributed by atoms with van der Waals surface area (Å²) in [4.78, 5) is 0. The van der Waals surface area contributed by atoms with Crippen LogP contribution in [0.1, 0.15) is 0 Å². The third kappa shape index (κ3) is 64.2. The van der Waals surface area contributed by atoms with E-state index in [1.165, 1.54) is 0 Å². The Morgan fingerprint density at radius 1 is 1.14 bits per heavy atom. The van der Waals surface area contributed by atoms with Crippen molar-refractivity contribution in [2.24, 2.45) is 0 Å². The SMILES string of the molecule is O=[Te](=O)(O)O.[Lu].[W]. The van der Waals surface area contributed by atoms with Crippen LogP contribution in [0.3, 0.4) is 0 Å². The van der Waals surface area contributed by atoms with Gasteiger partial charge in [0.05, 0.1) is 0 Å². The van der Waals surface area contributed by atoms with E-state index >= 15 is 0 Å². The van der Waals surface area contributed by atoms with Gasteiger partial charge in [-0.3, -0.25) is 0 Å². The first kappa shape index (κ1) is 16.1. The summed E-state index contributed by atoms with van der Waals surface area (Å²) in [6.07, 6.45) is 0. The van der Waals surface area contributed by atoms with Crippen molar-refractivity contribution in [3.63, 3.8) is 0 Å². The molecule has 4 nitrogen and oxygen atoms in total. The predicted molar refractivity (Wildman–Crippen MR) is 11.6 cm³/mol. The van der Waals surface area contributed by atoms with Crippen molar-refractivity contribution >= 4 is 19.0 Å². The molecule has 53 valence electrons. The van der Waals surface area contributed by atoms with Gasteiger partial charge in [-0.2, -0.15) is 0 Å². The average Bonchev–Trinajstić information content (AvgIpc) is 0.722. The Bertz CT molecular complexity index is 94.9. The molecule has 0 saturated carbocycles. The van der Waals surface area contributed by atoms with E-state index in [4.69, 9.17) is 13.2 Å². The van der Waals surface area contributed by atoms with Crippen LogP contribution in [0.15, 0.2) is 0 Å². The Hall–Kier alpha value is 2.23. The zero-order chi connectivity index (χ0) is 4.50. The number of rotatable bonds is 0. The first-order valence-corrected chi connectivity index (χ1v) is 4.69. The first-order chi connectivity index (χ1) is 2.00. The minimum atomic E-state index is -5.52. The zero-order valence-corrected chi connectivity index (χ0v) is 9.71. The second-order valence-electron chi connectivity index (χ2n) is 0.448. The van der Waals surface area contributed by atoms with E-state index in [9.17, 15) is 0 Å². The fourth-order valence-electron chi connectivity index (χ4n) is 0. The van der Waals surface area contributed by atoms with Gasteiger partial charge in [-0.05, 0) is 0 Å². The normalized spacial score (nSPS) is 8.29. The van der Waals surface area contributed by atoms with Crippen LogP contribution in [-0.4, -0.2) is 25.9 Å². The molecule has 0 unspecified atom stereocenters. The largest absolute Gasteiger partial charge is 0 e. The molecule has 0 heterocycles. The molecule has 0 rings (SSSR count). The molecule has 0 aromatic carbocycles. The summed E-state index contributed by atoms with van der Waals surface area (Å²) < 4.78 is 32.0. The van der Waals surface area contributed by atoms with Crippen LogP contribution in [0.5, 0.6) is 0 Å². The molecule has 0 aromatic heterocycles. The van der Waals surface area contributed by atoms with E-state index in [0.717, 1.165) is 0 Å². The van der Waals surface area contributed by atoms with Gasteiger partial charge in [-0.25, -0.2) is 0 Å². The topological polar surface area (TPSA) is 74.6 Å². The summed E-state index contributed by atoms with van der Waals surface area (Å²) in [7, 11) is 0. The molecule has 0 aliphatic carbocycles. The van der Waals surface area contributed by atoms with Crippen molar-refractivity contribution in [2.45, 2.75) is 0 Å². The minimum Gasteiger partial charge on any atom is 0 e. The van der Waals surface area contributed by atoms with E-state index in [1.807, 2.05) is 0 Å². The molecular formula is H2LuO4TeW. The third-order valence-electron chi connectivity index (χ3n) is 0. The van der Waals surface area contributed by atoms with Gasteiger partial charge < -0.3 is 0 Å². The van der Waals surface area contributed by atoms with Crippen molar-refractivity contribution in [1.82, 2.24) is 0 Å². The molecule has 0 aliphatic rings. The predicted octanol–water partition coefficient (Wildman–Crippen LogP) is -1.73. The van der Waals surface area contributed by atoms with Crippen molar-refractivity contribution in [2.75, 3.05) is 0 Å². The molecule has 2 N–H and O–H groups in total. The molecule has 0 aromatic rings. The Morgan fingerprint density at radius 2 is 1.14 bits per heavy atom. The molecule has 0 amide bonds. The Labute approximate surface area is 88.4 Å². The van der Waals surface area contributed by atoms with E-state index in [2.05, 4.69) is 0 Å². The third-order valence-corrected chi connectivity index (χ3v) is 0. The molecule has 0 aliphatic heterocycles. The maximum atomic E-state index is 8.85. The van der Waals surface area contributed by atoms with E-state index in [1.54, 1.807) is 0 Å². The Kier molecular flexibility index (Phi) is 14.6. The second kappa shape index (κ2) is 6.35. The molecule has 1 radical (unpaired) electrons. The first-order valence-electron chi connectivity index (χ1n) is 0.698. The van der Waals surface area contributed by atoms with Crippen LogP contribution in [0, 0.1) is 36.9 Å². The van der Waals surface area contributed by atoms with Crippen molar-refractivity contribution < 1.29 is 71.1 Å². The van der Waals surface area contributed by atoms with Crippen molar-refractivity contribution in [1.29, 1.82) is 0 Å². The summed E-state index contributed by atoms with van der Waals surface area (Å²) in [6.45, 7) is 0. The fraction of sp³-hybridized carbons (Fsp3) is 0. The molecule has 0 atom stereocenters. The molecule has 0 fully saturated rings. The Balaban J connectivity index is -0.0000000800. The molecule has 0 bridgehead atoms. The van der Waals surface area contributed by atoms with Crippen LogP contribution in [0.4, 0.5) is 0 Å². The summed E-state index contributed by atoms with van der Waals surface area (Å²) in [6, 6.07) is 0. The Morgan fingerprint density at radius 3 is 1.14 bits per heavy atom. The maximum Gasteiger partial charge on any atom is 0 e.